The van der Waals surface area contributed by atoms with Crippen molar-refractivity contribution in [3.8, 4) is 12.1 Å². The Hall–Kier alpha value is -10.6. The van der Waals surface area contributed by atoms with Crippen LogP contribution in [0.25, 0.3) is 0 Å². The minimum Gasteiger partial charge on any atom is -0.350 e. The van der Waals surface area contributed by atoms with E-state index in [9.17, 15) is 38.4 Å². The molecule has 378 valence electrons. The fourth-order valence-electron chi connectivity index (χ4n) is 7.32. The summed E-state index contributed by atoms with van der Waals surface area (Å²) in [7, 11) is 9.52. The third kappa shape index (κ3) is 11.9. The highest BCUT2D eigenvalue weighted by molar-refractivity contribution is 6.10. The minimum atomic E-state index is -0.706. The number of rotatable bonds is 18. The van der Waals surface area contributed by atoms with Crippen LogP contribution >= 0.6 is 0 Å². The summed E-state index contributed by atoms with van der Waals surface area (Å²) in [5.41, 5.74) is 2.02. The first-order chi connectivity index (χ1) is 35.3. The lowest BCUT2D eigenvalue weighted by molar-refractivity contribution is 0.0935. The Kier molecular flexibility index (Phi) is 15.3. The number of carbonyl (C=O) groups is 8. The van der Waals surface area contributed by atoms with Crippen LogP contribution < -0.4 is 42.5 Å². The van der Waals surface area contributed by atoms with Crippen molar-refractivity contribution in [1.82, 2.24) is 53.0 Å². The number of anilines is 6. The number of imidazole rings is 3. The molecule has 0 radical (unpaired) electrons. The molecular formula is C47H47N19O8. The molecule has 0 atom stereocenters. The molecule has 0 bridgehead atoms. The number of hydrogen-bond acceptors (Lipinski definition) is 13. The molecule has 0 saturated carbocycles. The van der Waals surface area contributed by atoms with Gasteiger partial charge < -0.3 is 69.9 Å². The highest BCUT2D eigenvalue weighted by Gasteiger charge is 2.23. The van der Waals surface area contributed by atoms with E-state index in [-0.39, 0.29) is 89.1 Å². The second-order valence-electron chi connectivity index (χ2n) is 16.5. The van der Waals surface area contributed by atoms with E-state index in [1.54, 1.807) is 45.2 Å². The molecule has 7 rings (SSSR count). The molecule has 6 heterocycles. The van der Waals surface area contributed by atoms with Crippen LogP contribution in [0.4, 0.5) is 34.5 Å². The van der Waals surface area contributed by atoms with E-state index < -0.39 is 47.3 Å². The molecule has 0 aliphatic heterocycles. The molecule has 0 aliphatic carbocycles. The van der Waals surface area contributed by atoms with Crippen LogP contribution in [-0.2, 0) is 42.3 Å². The Balaban J connectivity index is 0.896. The fourth-order valence-corrected chi connectivity index (χ4v) is 7.32. The van der Waals surface area contributed by atoms with E-state index in [1.807, 2.05) is 12.1 Å². The van der Waals surface area contributed by atoms with Gasteiger partial charge in [-0.25, -0.2) is 15.0 Å². The summed E-state index contributed by atoms with van der Waals surface area (Å²) >= 11 is 0. The lowest BCUT2D eigenvalue weighted by atomic mass is 10.1. The third-order valence-corrected chi connectivity index (χ3v) is 10.9. The standard InChI is InChI=1S/C47H47N19O8/c1-61-21-29(17-31(61)42(69)50-15-7-13-48)53-44(71)33-19-30(22-63(33)3)54-43(70)32-18-28(20-62(32)2)52-40(67)26-9-11-27(12-10-26)41(68)58-34-23-65(5)38(56-34)46(73)60-36-25-66(6)39(57-36)47(74)59-35-24-64(4)37(55-35)45(72)51-16-8-14-49/h9-12,17-25H,7-8,15-16H2,1-6H3,(H,50,69)(H,51,72)(H,52,67)(H,53,71)(H,54,70)(H,58,68)(H,59,74)(H,60,73). The predicted molar refractivity (Wildman–Crippen MR) is 265 cm³/mol. The van der Waals surface area contributed by atoms with Gasteiger partial charge in [-0.1, -0.05) is 0 Å². The zero-order valence-electron chi connectivity index (χ0n) is 40.5. The maximum absolute atomic E-state index is 13.4. The molecule has 27 nitrogen and oxygen atoms in total. The van der Waals surface area contributed by atoms with Crippen molar-refractivity contribution < 1.29 is 38.4 Å². The van der Waals surface area contributed by atoms with Gasteiger partial charge in [0.2, 0.25) is 17.5 Å². The zero-order chi connectivity index (χ0) is 53.4. The number of hydrogen-bond donors (Lipinski definition) is 8. The quantitative estimate of drug-likeness (QED) is 0.0574. The largest absolute Gasteiger partial charge is 0.350 e. The lowest BCUT2D eigenvalue weighted by Crippen LogP contribution is -2.27. The molecule has 1 aromatic carbocycles. The van der Waals surface area contributed by atoms with Crippen LogP contribution in [0.3, 0.4) is 0 Å². The van der Waals surface area contributed by atoms with Crippen LogP contribution in [0.1, 0.15) is 96.9 Å². The predicted octanol–water partition coefficient (Wildman–Crippen LogP) is 2.70. The highest BCUT2D eigenvalue weighted by atomic mass is 16.2. The molecular weight excluding hydrogens is 959 g/mol. The summed E-state index contributed by atoms with van der Waals surface area (Å²) in [5.74, 6) is -4.53. The van der Waals surface area contributed by atoms with Gasteiger partial charge in [0.25, 0.3) is 47.3 Å². The lowest BCUT2D eigenvalue weighted by Gasteiger charge is -2.05. The van der Waals surface area contributed by atoms with Gasteiger partial charge in [-0.15, -0.1) is 0 Å². The number of aromatic nitrogens is 9. The summed E-state index contributed by atoms with van der Waals surface area (Å²) in [6.07, 6.45) is 9.18. The molecule has 27 heteroatoms. The highest BCUT2D eigenvalue weighted by Crippen LogP contribution is 2.21. The maximum Gasteiger partial charge on any atom is 0.292 e. The number of benzene rings is 1. The SMILES string of the molecule is Cn1cc(NC(=O)c2cc(NC(=O)c3cc(NC(=O)c4ccc(C(=O)Nc5cn(C)c(C(=O)Nc6cn(C)c(C(=O)Nc7cn(C)c(C(=O)NCCC#N)n7)n6)n5)cc4)cn3C)cn2C)cc1C(=O)NCCC#N. The van der Waals surface area contributed by atoms with Crippen molar-refractivity contribution in [2.45, 2.75) is 12.8 Å². The Labute approximate surface area is 420 Å². The minimum absolute atomic E-state index is 0.00978. The van der Waals surface area contributed by atoms with E-state index in [0.717, 1.165) is 0 Å². The molecule has 7 aromatic rings. The van der Waals surface area contributed by atoms with Gasteiger partial charge in [0.1, 0.15) is 17.1 Å². The van der Waals surface area contributed by atoms with Crippen LogP contribution in [0.2, 0.25) is 0 Å². The van der Waals surface area contributed by atoms with Gasteiger partial charge in [-0.3, -0.25) is 38.4 Å². The number of nitrogens with one attached hydrogen (secondary N) is 8. The van der Waals surface area contributed by atoms with Crippen LogP contribution in [0.15, 0.2) is 79.6 Å². The third-order valence-electron chi connectivity index (χ3n) is 10.9. The Morgan fingerprint density at radius 3 is 1.09 bits per heavy atom. The first-order valence-corrected chi connectivity index (χ1v) is 22.2. The van der Waals surface area contributed by atoms with Crippen LogP contribution in [0, 0.1) is 22.7 Å². The van der Waals surface area contributed by atoms with E-state index in [0.29, 0.717) is 17.1 Å². The van der Waals surface area contributed by atoms with Crippen molar-refractivity contribution in [3.63, 3.8) is 0 Å². The summed E-state index contributed by atoms with van der Waals surface area (Å²) in [5, 5.41) is 38.6. The van der Waals surface area contributed by atoms with E-state index >= 15 is 0 Å². The zero-order valence-corrected chi connectivity index (χ0v) is 40.5. The van der Waals surface area contributed by atoms with Gasteiger partial charge in [0.05, 0.1) is 42.0 Å². The average molecular weight is 1010 g/mol. The van der Waals surface area contributed by atoms with E-state index in [1.165, 1.54) is 104 Å². The van der Waals surface area contributed by atoms with Gasteiger partial charge in [0, 0.05) is 104 Å². The summed E-state index contributed by atoms with van der Waals surface area (Å²) in [6.45, 7) is 0.321. The first kappa shape index (κ1) is 51.3. The maximum atomic E-state index is 13.4. The first-order valence-electron chi connectivity index (χ1n) is 22.2. The second-order valence-corrected chi connectivity index (χ2v) is 16.5. The van der Waals surface area contributed by atoms with Gasteiger partial charge in [-0.2, -0.15) is 10.5 Å². The van der Waals surface area contributed by atoms with Crippen molar-refractivity contribution in [1.29, 1.82) is 10.5 Å². The van der Waals surface area contributed by atoms with Crippen molar-refractivity contribution in [2.75, 3.05) is 45.0 Å². The molecule has 0 saturated heterocycles. The summed E-state index contributed by atoms with van der Waals surface area (Å²) in [6, 6.07) is 14.0. The molecule has 74 heavy (non-hydrogen) atoms. The average Bonchev–Trinajstić information content (AvgIpc) is 4.22. The van der Waals surface area contributed by atoms with Crippen LogP contribution in [0.5, 0.6) is 0 Å². The molecule has 0 aliphatic rings. The topological polar surface area (TPSA) is 349 Å². The number of nitriles is 2. The van der Waals surface area contributed by atoms with Gasteiger partial charge in [0.15, 0.2) is 17.5 Å². The van der Waals surface area contributed by atoms with E-state index in [4.69, 9.17) is 10.5 Å². The Bertz CT molecular complexity index is 3230. The summed E-state index contributed by atoms with van der Waals surface area (Å²) < 4.78 is 8.72. The smallest absolute Gasteiger partial charge is 0.292 e. The molecule has 6 aromatic heterocycles. The Morgan fingerprint density at radius 1 is 0.405 bits per heavy atom. The van der Waals surface area contributed by atoms with Crippen molar-refractivity contribution in [3.05, 3.63) is 125 Å². The Morgan fingerprint density at radius 2 is 0.716 bits per heavy atom. The molecule has 0 spiro atoms. The second kappa shape index (κ2) is 22.0. The number of nitrogens with zero attached hydrogens (tertiary/aromatic N) is 11. The van der Waals surface area contributed by atoms with Crippen molar-refractivity contribution >= 4 is 81.8 Å². The van der Waals surface area contributed by atoms with Crippen molar-refractivity contribution in [2.24, 2.45) is 42.3 Å². The van der Waals surface area contributed by atoms with Gasteiger partial charge >= 0.3 is 0 Å². The fraction of sp³-hybridized carbons (Fsp3) is 0.213. The number of aryl methyl sites for hydroxylation is 6. The molecule has 0 unspecified atom stereocenters. The molecule has 8 amide bonds. The number of carbonyl (C=O) groups excluding carboxylic acids is 8. The van der Waals surface area contributed by atoms with Gasteiger partial charge in [-0.05, 0) is 42.5 Å². The normalized spacial score (nSPS) is 10.6. The summed E-state index contributed by atoms with van der Waals surface area (Å²) in [4.78, 5) is 117. The van der Waals surface area contributed by atoms with Crippen LogP contribution in [-0.4, -0.2) is 103 Å². The molecule has 8 N–H and O–H groups in total. The molecule has 0 fully saturated rings. The monoisotopic (exact) mass is 1010 g/mol. The number of amides is 8. The van der Waals surface area contributed by atoms with E-state index in [2.05, 4.69) is 57.5 Å².